The van der Waals surface area contributed by atoms with Gasteiger partial charge in [0.1, 0.15) is 11.5 Å². The first-order chi connectivity index (χ1) is 18.7. The van der Waals surface area contributed by atoms with Crippen LogP contribution in [0.25, 0.3) is 55.6 Å². The first kappa shape index (κ1) is 24.4. The molecule has 0 unspecified atom stereocenters. The highest BCUT2D eigenvalue weighted by atomic mass is 19.1. The lowest BCUT2D eigenvalue weighted by Gasteiger charge is -2.17. The van der Waals surface area contributed by atoms with Crippen molar-refractivity contribution in [1.29, 1.82) is 0 Å². The van der Waals surface area contributed by atoms with Crippen molar-refractivity contribution in [2.24, 2.45) is 5.41 Å². The highest BCUT2D eigenvalue weighted by molar-refractivity contribution is 6.01. The molecule has 0 spiro atoms. The number of fused-ring (bicyclic) bond motifs is 2. The molecule has 0 saturated carbocycles. The second-order valence-corrected chi connectivity index (χ2v) is 10.8. The van der Waals surface area contributed by atoms with Crippen LogP contribution < -0.4 is 5.32 Å². The summed E-state index contributed by atoms with van der Waals surface area (Å²) in [6.07, 6.45) is 9.03. The molecule has 8 nitrogen and oxygen atoms in total. The third-order valence-corrected chi connectivity index (χ3v) is 6.41. The average Bonchev–Trinajstić information content (AvgIpc) is 3.52. The Bertz CT molecular complexity index is 1830. The van der Waals surface area contributed by atoms with Crippen molar-refractivity contribution in [3.8, 4) is 33.8 Å². The molecule has 3 N–H and O–H groups in total. The van der Waals surface area contributed by atoms with Gasteiger partial charge < -0.3 is 10.3 Å². The minimum atomic E-state index is -0.283. The molecular weight excluding hydrogens is 493 g/mol. The molecule has 0 saturated heterocycles. The minimum Gasteiger partial charge on any atom is -0.352 e. The van der Waals surface area contributed by atoms with Gasteiger partial charge in [-0.15, -0.1) is 0 Å². The predicted octanol–water partition coefficient (Wildman–Crippen LogP) is 6.74. The van der Waals surface area contributed by atoms with E-state index in [2.05, 4.69) is 35.5 Å². The van der Waals surface area contributed by atoms with Crippen LogP contribution in [0.5, 0.6) is 0 Å². The molecular formula is C30H26FN7O. The van der Waals surface area contributed by atoms with Gasteiger partial charge in [-0.1, -0.05) is 32.9 Å². The zero-order chi connectivity index (χ0) is 27.1. The minimum absolute atomic E-state index is 0.0599. The van der Waals surface area contributed by atoms with Crippen molar-refractivity contribution in [3.05, 3.63) is 79.3 Å². The average molecular weight is 520 g/mol. The Kier molecular flexibility index (Phi) is 5.91. The highest BCUT2D eigenvalue weighted by Gasteiger charge is 2.17. The van der Waals surface area contributed by atoms with Gasteiger partial charge in [-0.05, 0) is 41.3 Å². The number of aromatic nitrogens is 6. The zero-order valence-corrected chi connectivity index (χ0v) is 21.7. The molecule has 0 fully saturated rings. The number of halogens is 1. The van der Waals surface area contributed by atoms with Crippen LogP contribution in [0.4, 0.5) is 10.1 Å². The van der Waals surface area contributed by atoms with E-state index in [4.69, 9.17) is 0 Å². The van der Waals surface area contributed by atoms with Gasteiger partial charge in [0.25, 0.3) is 0 Å². The Morgan fingerprint density at radius 1 is 0.897 bits per heavy atom. The van der Waals surface area contributed by atoms with Crippen LogP contribution in [-0.4, -0.2) is 36.0 Å². The number of amides is 1. The summed E-state index contributed by atoms with van der Waals surface area (Å²) in [6.45, 7) is 6.07. The molecule has 6 rings (SSSR count). The van der Waals surface area contributed by atoms with Crippen molar-refractivity contribution < 1.29 is 9.18 Å². The van der Waals surface area contributed by atoms with Gasteiger partial charge in [0.2, 0.25) is 5.91 Å². The summed E-state index contributed by atoms with van der Waals surface area (Å²) in [6, 6.07) is 12.2. The number of pyridine rings is 3. The van der Waals surface area contributed by atoms with E-state index in [1.807, 2.05) is 39.0 Å². The van der Waals surface area contributed by atoms with Gasteiger partial charge in [-0.3, -0.25) is 24.8 Å². The number of H-pyrrole nitrogens is 2. The maximum Gasteiger partial charge on any atom is 0.224 e. The Morgan fingerprint density at radius 2 is 1.69 bits per heavy atom. The van der Waals surface area contributed by atoms with E-state index >= 15 is 0 Å². The summed E-state index contributed by atoms with van der Waals surface area (Å²) in [7, 11) is 0. The highest BCUT2D eigenvalue weighted by Crippen LogP contribution is 2.34. The quantitative estimate of drug-likeness (QED) is 0.233. The summed E-state index contributed by atoms with van der Waals surface area (Å²) in [5, 5.41) is 12.4. The SMILES string of the molecule is CC(C)(C)CC(=O)Nc1cncc(-c2cc3c(-c4cc5c(-c6ccc(F)cc6)cncc5[nH]4)n[nH]c3cn2)c1. The van der Waals surface area contributed by atoms with E-state index < -0.39 is 0 Å². The second kappa shape index (κ2) is 9.43. The molecule has 0 radical (unpaired) electrons. The van der Waals surface area contributed by atoms with E-state index in [0.29, 0.717) is 17.8 Å². The number of hydrogen-bond donors (Lipinski definition) is 3. The van der Waals surface area contributed by atoms with Gasteiger partial charge in [0.15, 0.2) is 0 Å². The van der Waals surface area contributed by atoms with E-state index in [-0.39, 0.29) is 17.1 Å². The summed E-state index contributed by atoms with van der Waals surface area (Å²) >= 11 is 0. The molecule has 0 aliphatic carbocycles. The lowest BCUT2D eigenvalue weighted by Crippen LogP contribution is -2.19. The topological polar surface area (TPSA) is 112 Å². The van der Waals surface area contributed by atoms with Gasteiger partial charge in [0.05, 0.1) is 46.7 Å². The Hall–Kier alpha value is -4.92. The number of hydrogen-bond acceptors (Lipinski definition) is 5. The molecule has 9 heteroatoms. The van der Waals surface area contributed by atoms with Crippen molar-refractivity contribution in [2.45, 2.75) is 27.2 Å². The van der Waals surface area contributed by atoms with Gasteiger partial charge in [-0.25, -0.2) is 4.39 Å². The Balaban J connectivity index is 1.36. The first-order valence-electron chi connectivity index (χ1n) is 12.6. The number of anilines is 1. The molecule has 5 aromatic heterocycles. The standard InChI is InChI=1S/C30H26FN7O/c1-30(2,3)11-28(39)35-20-8-18(12-32-13-20)24-10-22-27(16-34-24)37-38-29(22)25-9-21-23(14-33-15-26(21)36-25)17-4-6-19(31)7-5-17/h4-10,12-16,36H,11H2,1-3H3,(H,35,39)(H,37,38). The number of rotatable bonds is 5. The molecule has 1 aromatic carbocycles. The number of nitrogens with one attached hydrogen (secondary N) is 3. The van der Waals surface area contributed by atoms with Crippen molar-refractivity contribution in [3.63, 3.8) is 0 Å². The van der Waals surface area contributed by atoms with Crippen LogP contribution in [0.3, 0.4) is 0 Å². The first-order valence-corrected chi connectivity index (χ1v) is 12.6. The Morgan fingerprint density at radius 3 is 2.49 bits per heavy atom. The lowest BCUT2D eigenvalue weighted by molar-refractivity contribution is -0.117. The summed E-state index contributed by atoms with van der Waals surface area (Å²) in [5.41, 5.74) is 6.93. The van der Waals surface area contributed by atoms with Gasteiger partial charge >= 0.3 is 0 Å². The van der Waals surface area contributed by atoms with Gasteiger partial charge in [0, 0.05) is 40.7 Å². The summed E-state index contributed by atoms with van der Waals surface area (Å²) < 4.78 is 13.5. The van der Waals surface area contributed by atoms with E-state index in [9.17, 15) is 9.18 Å². The van der Waals surface area contributed by atoms with Crippen molar-refractivity contribution in [1.82, 2.24) is 30.1 Å². The maximum atomic E-state index is 13.5. The number of aromatic amines is 2. The van der Waals surface area contributed by atoms with Crippen molar-refractivity contribution >= 4 is 33.4 Å². The van der Waals surface area contributed by atoms with Crippen LogP contribution in [-0.2, 0) is 4.79 Å². The Labute approximate surface area is 223 Å². The molecule has 1 amide bonds. The lowest BCUT2D eigenvalue weighted by atomic mass is 9.92. The molecule has 0 aliphatic rings. The van der Waals surface area contributed by atoms with Crippen LogP contribution in [0.2, 0.25) is 0 Å². The molecule has 5 heterocycles. The maximum absolute atomic E-state index is 13.5. The fourth-order valence-corrected chi connectivity index (χ4v) is 4.65. The number of carbonyl (C=O) groups is 1. The number of nitrogens with zero attached hydrogens (tertiary/aromatic N) is 4. The number of benzene rings is 1. The van der Waals surface area contributed by atoms with Crippen LogP contribution in [0, 0.1) is 11.2 Å². The largest absolute Gasteiger partial charge is 0.352 e. The summed E-state index contributed by atoms with van der Waals surface area (Å²) in [5.74, 6) is -0.343. The van der Waals surface area contributed by atoms with Crippen molar-refractivity contribution in [2.75, 3.05) is 5.32 Å². The molecule has 6 aromatic rings. The van der Waals surface area contributed by atoms with Gasteiger partial charge in [-0.2, -0.15) is 5.10 Å². The summed E-state index contributed by atoms with van der Waals surface area (Å²) in [4.78, 5) is 29.1. The molecule has 194 valence electrons. The van der Waals surface area contributed by atoms with E-state index in [1.165, 1.54) is 12.1 Å². The monoisotopic (exact) mass is 519 g/mol. The van der Waals surface area contributed by atoms with E-state index in [0.717, 1.165) is 49.9 Å². The molecule has 0 atom stereocenters. The normalized spacial score (nSPS) is 11.8. The third kappa shape index (κ3) is 4.98. The fraction of sp³-hybridized carbons (Fsp3) is 0.167. The van der Waals surface area contributed by atoms with Crippen LogP contribution in [0.15, 0.2) is 73.4 Å². The molecule has 0 aliphatic heterocycles. The third-order valence-electron chi connectivity index (χ3n) is 6.41. The van der Waals surface area contributed by atoms with E-state index in [1.54, 1.807) is 43.1 Å². The zero-order valence-electron chi connectivity index (χ0n) is 21.7. The van der Waals surface area contributed by atoms with Crippen LogP contribution in [0.1, 0.15) is 27.2 Å². The smallest absolute Gasteiger partial charge is 0.224 e. The fourth-order valence-electron chi connectivity index (χ4n) is 4.65. The second-order valence-electron chi connectivity index (χ2n) is 10.8. The van der Waals surface area contributed by atoms with Crippen LogP contribution >= 0.6 is 0 Å². The molecule has 39 heavy (non-hydrogen) atoms. The molecule has 0 bridgehead atoms. The number of carbonyl (C=O) groups excluding carboxylic acids is 1. The predicted molar refractivity (Wildman–Crippen MR) is 150 cm³/mol.